The molecule has 1 rings (SSSR count). The van der Waals surface area contributed by atoms with Crippen molar-refractivity contribution in [3.8, 4) is 0 Å². The molecule has 0 spiro atoms. The molecule has 0 amide bonds. The zero-order valence-electron chi connectivity index (χ0n) is 13.7. The molecular weight excluding hydrogens is 292 g/mol. The Morgan fingerprint density at radius 1 is 1.27 bits per heavy atom. The quantitative estimate of drug-likeness (QED) is 0.747. The summed E-state index contributed by atoms with van der Waals surface area (Å²) in [6.45, 7) is 4.81. The van der Waals surface area contributed by atoms with Crippen LogP contribution in [-0.2, 0) is 23.7 Å². The Hall–Kier alpha value is -1.34. The molecule has 1 saturated carbocycles. The Morgan fingerprint density at radius 2 is 1.91 bits per heavy atom. The lowest BCUT2D eigenvalue weighted by molar-refractivity contribution is -0.188. The van der Waals surface area contributed by atoms with Crippen molar-refractivity contribution < 1.29 is 33.6 Å². The van der Waals surface area contributed by atoms with Gasteiger partial charge in [0, 0.05) is 0 Å². The van der Waals surface area contributed by atoms with Crippen LogP contribution < -0.4 is 0 Å². The highest BCUT2D eigenvalue weighted by Gasteiger charge is 2.36. The van der Waals surface area contributed by atoms with Crippen molar-refractivity contribution in [1.29, 1.82) is 0 Å². The van der Waals surface area contributed by atoms with Crippen LogP contribution in [0.3, 0.4) is 0 Å². The van der Waals surface area contributed by atoms with Crippen molar-refractivity contribution in [3.05, 3.63) is 0 Å². The summed E-state index contributed by atoms with van der Waals surface area (Å²) in [5.74, 6) is -0.539. The van der Waals surface area contributed by atoms with E-state index in [0.29, 0.717) is 12.8 Å². The van der Waals surface area contributed by atoms with Crippen LogP contribution in [0.2, 0.25) is 0 Å². The maximum absolute atomic E-state index is 12.2. The summed E-state index contributed by atoms with van der Waals surface area (Å²) in [6, 6.07) is 0. The third kappa shape index (κ3) is 5.81. The minimum absolute atomic E-state index is 0.0323. The molecule has 1 aliphatic rings. The average Bonchev–Trinajstić information content (AvgIpc) is 2.46. The Bertz CT molecular complexity index is 380. The summed E-state index contributed by atoms with van der Waals surface area (Å²) < 4.78 is 20.1. The van der Waals surface area contributed by atoms with Gasteiger partial charge < -0.3 is 24.1 Å². The molecule has 0 radical (unpaired) electrons. The number of aliphatic hydroxyl groups excluding tert-OH is 1. The summed E-state index contributed by atoms with van der Waals surface area (Å²) >= 11 is 0. The normalized spacial score (nSPS) is 23.5. The summed E-state index contributed by atoms with van der Waals surface area (Å²) in [5, 5.41) is 9.85. The Labute approximate surface area is 130 Å². The summed E-state index contributed by atoms with van der Waals surface area (Å²) in [5.41, 5.74) is -1.20. The van der Waals surface area contributed by atoms with Gasteiger partial charge in [-0.05, 0) is 40.0 Å². The fourth-order valence-corrected chi connectivity index (χ4v) is 2.32. The predicted molar refractivity (Wildman–Crippen MR) is 77.3 cm³/mol. The molecule has 1 aliphatic carbocycles. The van der Waals surface area contributed by atoms with Gasteiger partial charge in [-0.1, -0.05) is 6.42 Å². The highest BCUT2D eigenvalue weighted by Crippen LogP contribution is 2.24. The summed E-state index contributed by atoms with van der Waals surface area (Å²) in [4.78, 5) is 23.1. The molecule has 128 valence electrons. The van der Waals surface area contributed by atoms with Crippen LogP contribution in [0.15, 0.2) is 0 Å². The lowest BCUT2D eigenvalue weighted by atomic mass is 9.94. The zero-order chi connectivity index (χ0) is 16.8. The molecule has 1 N–H and O–H groups in total. The first kappa shape index (κ1) is 18.7. The highest BCUT2D eigenvalue weighted by atomic mass is 16.7. The van der Waals surface area contributed by atoms with Crippen molar-refractivity contribution in [3.63, 3.8) is 0 Å². The molecule has 7 nitrogen and oxygen atoms in total. The molecule has 0 aromatic heterocycles. The first-order valence-electron chi connectivity index (χ1n) is 7.54. The monoisotopic (exact) mass is 318 g/mol. The first-order chi connectivity index (χ1) is 10.3. The van der Waals surface area contributed by atoms with Gasteiger partial charge in [0.15, 0.2) is 5.60 Å². The predicted octanol–water partition coefficient (Wildman–Crippen LogP) is 1.80. The largest absolute Gasteiger partial charge is 0.508 e. The molecule has 7 heteroatoms. The topological polar surface area (TPSA) is 91.3 Å². The molecule has 0 heterocycles. The molecule has 0 aliphatic heterocycles. The lowest BCUT2D eigenvalue weighted by Crippen LogP contribution is -2.45. The van der Waals surface area contributed by atoms with E-state index < -0.39 is 36.0 Å². The van der Waals surface area contributed by atoms with Crippen LogP contribution in [0, 0.1) is 0 Å². The molecule has 22 heavy (non-hydrogen) atoms. The summed E-state index contributed by atoms with van der Waals surface area (Å²) in [7, 11) is 1.21. The Kier molecular flexibility index (Phi) is 7.09. The van der Waals surface area contributed by atoms with Gasteiger partial charge in [0.1, 0.15) is 12.7 Å². The fourth-order valence-electron chi connectivity index (χ4n) is 2.32. The summed E-state index contributed by atoms with van der Waals surface area (Å²) in [6.07, 6.45) is 0.766. The number of methoxy groups -OCH3 is 1. The minimum Gasteiger partial charge on any atom is -0.457 e. The molecule has 0 bridgehead atoms. The van der Waals surface area contributed by atoms with Crippen LogP contribution in [-0.4, -0.2) is 54.9 Å². The van der Waals surface area contributed by atoms with Gasteiger partial charge in [0.05, 0.1) is 19.3 Å². The van der Waals surface area contributed by atoms with Crippen LogP contribution >= 0.6 is 0 Å². The highest BCUT2D eigenvalue weighted by molar-refractivity contribution is 5.78. The molecule has 3 unspecified atom stereocenters. The van der Waals surface area contributed by atoms with Crippen LogP contribution in [0.25, 0.3) is 0 Å². The van der Waals surface area contributed by atoms with E-state index in [0.717, 1.165) is 12.8 Å². The van der Waals surface area contributed by atoms with Crippen molar-refractivity contribution in [1.82, 2.24) is 0 Å². The van der Waals surface area contributed by atoms with E-state index >= 15 is 0 Å². The number of hydrogen-bond donors (Lipinski definition) is 1. The fraction of sp³-hybridized carbons (Fsp3) is 0.867. The first-order valence-corrected chi connectivity index (χ1v) is 7.54. The van der Waals surface area contributed by atoms with E-state index in [1.165, 1.54) is 7.11 Å². The van der Waals surface area contributed by atoms with Crippen molar-refractivity contribution in [2.75, 3.05) is 13.7 Å². The number of rotatable bonds is 6. The van der Waals surface area contributed by atoms with Gasteiger partial charge in [-0.15, -0.1) is 0 Å². The minimum atomic E-state index is -1.20. The second-order valence-corrected chi connectivity index (χ2v) is 6.00. The standard InChI is InChI=1S/C15H26O7/c1-10(9-20-14(18)19-4)22-15(2,3)13(17)21-12-8-6-5-7-11(12)16/h10-12,16H,5-9H2,1-4H3. The third-order valence-electron chi connectivity index (χ3n) is 3.52. The van der Waals surface area contributed by atoms with E-state index in [1.807, 2.05) is 0 Å². The average molecular weight is 318 g/mol. The molecule has 1 fully saturated rings. The maximum Gasteiger partial charge on any atom is 0.508 e. The van der Waals surface area contributed by atoms with Crippen molar-refractivity contribution in [2.24, 2.45) is 0 Å². The van der Waals surface area contributed by atoms with Gasteiger partial charge in [0.25, 0.3) is 0 Å². The van der Waals surface area contributed by atoms with E-state index in [2.05, 4.69) is 4.74 Å². The second-order valence-electron chi connectivity index (χ2n) is 6.00. The maximum atomic E-state index is 12.2. The number of aliphatic hydroxyl groups is 1. The van der Waals surface area contributed by atoms with E-state index in [9.17, 15) is 14.7 Å². The number of hydrogen-bond acceptors (Lipinski definition) is 7. The van der Waals surface area contributed by atoms with Crippen LogP contribution in [0.5, 0.6) is 0 Å². The lowest BCUT2D eigenvalue weighted by Gasteiger charge is -2.32. The Morgan fingerprint density at radius 3 is 2.50 bits per heavy atom. The van der Waals surface area contributed by atoms with Gasteiger partial charge in [-0.2, -0.15) is 0 Å². The van der Waals surface area contributed by atoms with Crippen molar-refractivity contribution in [2.45, 2.75) is 70.4 Å². The van der Waals surface area contributed by atoms with Crippen LogP contribution in [0.4, 0.5) is 4.79 Å². The second kappa shape index (κ2) is 8.33. The third-order valence-corrected chi connectivity index (χ3v) is 3.52. The van der Waals surface area contributed by atoms with Gasteiger partial charge in [0.2, 0.25) is 0 Å². The number of carbonyl (C=O) groups is 2. The zero-order valence-corrected chi connectivity index (χ0v) is 13.7. The SMILES string of the molecule is COC(=O)OCC(C)OC(C)(C)C(=O)OC1CCCCC1O. The van der Waals surface area contributed by atoms with E-state index in [-0.39, 0.29) is 6.61 Å². The Balaban J connectivity index is 2.46. The van der Waals surface area contributed by atoms with Gasteiger partial charge in [-0.3, -0.25) is 0 Å². The molecule has 0 aromatic rings. The number of esters is 1. The smallest absolute Gasteiger partial charge is 0.457 e. The number of carbonyl (C=O) groups excluding carboxylic acids is 2. The molecule has 0 saturated heterocycles. The molecule has 3 atom stereocenters. The van der Waals surface area contributed by atoms with E-state index in [1.54, 1.807) is 20.8 Å². The van der Waals surface area contributed by atoms with Crippen molar-refractivity contribution >= 4 is 12.1 Å². The molecular formula is C15H26O7. The molecule has 0 aromatic carbocycles. The van der Waals surface area contributed by atoms with E-state index in [4.69, 9.17) is 14.2 Å². The number of ether oxygens (including phenoxy) is 4. The van der Waals surface area contributed by atoms with Crippen LogP contribution in [0.1, 0.15) is 46.5 Å². The van der Waals surface area contributed by atoms with Gasteiger partial charge >= 0.3 is 12.1 Å². The van der Waals surface area contributed by atoms with Gasteiger partial charge in [-0.25, -0.2) is 9.59 Å².